The van der Waals surface area contributed by atoms with E-state index in [9.17, 15) is 8.78 Å². The standard InChI is InChI=1S/C14H11F2N/c15-11-6-3-7-12(16)13(11)14-10-5-2-1-4-9(10)8-17-14/h1-7,14,17H,8H2. The van der Waals surface area contributed by atoms with Gasteiger partial charge in [0, 0.05) is 12.1 Å². The third-order valence-electron chi connectivity index (χ3n) is 3.15. The van der Waals surface area contributed by atoms with Gasteiger partial charge in [-0.05, 0) is 23.3 Å². The van der Waals surface area contributed by atoms with Crippen molar-refractivity contribution in [3.05, 3.63) is 70.8 Å². The smallest absolute Gasteiger partial charge is 0.131 e. The molecule has 86 valence electrons. The van der Waals surface area contributed by atoms with Gasteiger partial charge in [0.1, 0.15) is 11.6 Å². The quantitative estimate of drug-likeness (QED) is 0.795. The van der Waals surface area contributed by atoms with Crippen LogP contribution in [0.2, 0.25) is 0 Å². The fourth-order valence-electron chi connectivity index (χ4n) is 2.34. The van der Waals surface area contributed by atoms with E-state index < -0.39 is 11.6 Å². The molecule has 0 saturated carbocycles. The summed E-state index contributed by atoms with van der Waals surface area (Å²) >= 11 is 0. The lowest BCUT2D eigenvalue weighted by atomic mass is 9.98. The Kier molecular flexibility index (Phi) is 2.41. The molecule has 1 aliphatic rings. The first-order chi connectivity index (χ1) is 8.27. The molecule has 17 heavy (non-hydrogen) atoms. The minimum atomic E-state index is -0.501. The van der Waals surface area contributed by atoms with Crippen molar-refractivity contribution in [2.75, 3.05) is 0 Å². The van der Waals surface area contributed by atoms with Crippen LogP contribution in [0.15, 0.2) is 42.5 Å². The monoisotopic (exact) mass is 231 g/mol. The third-order valence-corrected chi connectivity index (χ3v) is 3.15. The number of nitrogens with one attached hydrogen (secondary N) is 1. The van der Waals surface area contributed by atoms with E-state index in [1.165, 1.54) is 18.2 Å². The average molecular weight is 231 g/mol. The second-order valence-electron chi connectivity index (χ2n) is 4.15. The van der Waals surface area contributed by atoms with Crippen molar-refractivity contribution in [1.29, 1.82) is 0 Å². The first kappa shape index (κ1) is 10.4. The topological polar surface area (TPSA) is 12.0 Å². The van der Waals surface area contributed by atoms with E-state index in [-0.39, 0.29) is 11.6 Å². The van der Waals surface area contributed by atoms with Crippen molar-refractivity contribution in [3.63, 3.8) is 0 Å². The van der Waals surface area contributed by atoms with Crippen LogP contribution < -0.4 is 5.32 Å². The second-order valence-corrected chi connectivity index (χ2v) is 4.15. The molecule has 2 aromatic rings. The van der Waals surface area contributed by atoms with Crippen LogP contribution in [0.3, 0.4) is 0 Å². The number of benzene rings is 2. The van der Waals surface area contributed by atoms with Crippen LogP contribution in [0.5, 0.6) is 0 Å². The summed E-state index contributed by atoms with van der Waals surface area (Å²) in [6.07, 6.45) is 0. The Morgan fingerprint density at radius 3 is 2.41 bits per heavy atom. The Balaban J connectivity index is 2.13. The Morgan fingerprint density at radius 2 is 1.65 bits per heavy atom. The van der Waals surface area contributed by atoms with Gasteiger partial charge >= 0.3 is 0 Å². The summed E-state index contributed by atoms with van der Waals surface area (Å²) in [4.78, 5) is 0. The Hall–Kier alpha value is -1.74. The maximum absolute atomic E-state index is 13.7. The average Bonchev–Trinajstić information content (AvgIpc) is 2.73. The minimum Gasteiger partial charge on any atom is -0.302 e. The number of hydrogen-bond acceptors (Lipinski definition) is 1. The Bertz CT molecular complexity index is 546. The molecule has 1 aliphatic heterocycles. The summed E-state index contributed by atoms with van der Waals surface area (Å²) in [5.41, 5.74) is 2.16. The first-order valence-corrected chi connectivity index (χ1v) is 5.52. The van der Waals surface area contributed by atoms with Gasteiger partial charge in [-0.1, -0.05) is 30.3 Å². The summed E-state index contributed by atoms with van der Waals surface area (Å²) in [7, 11) is 0. The van der Waals surface area contributed by atoms with Gasteiger partial charge in [-0.2, -0.15) is 0 Å². The molecule has 0 fully saturated rings. The highest BCUT2D eigenvalue weighted by molar-refractivity contribution is 5.41. The van der Waals surface area contributed by atoms with E-state index in [4.69, 9.17) is 0 Å². The van der Waals surface area contributed by atoms with Gasteiger partial charge in [-0.15, -0.1) is 0 Å². The molecule has 0 spiro atoms. The summed E-state index contributed by atoms with van der Waals surface area (Å²) in [6, 6.07) is 11.3. The van der Waals surface area contributed by atoms with Crippen molar-refractivity contribution < 1.29 is 8.78 Å². The van der Waals surface area contributed by atoms with Gasteiger partial charge in [-0.25, -0.2) is 8.78 Å². The molecule has 0 saturated heterocycles. The highest BCUT2D eigenvalue weighted by Crippen LogP contribution is 2.33. The summed E-state index contributed by atoms with van der Waals surface area (Å²) in [5, 5.41) is 3.14. The van der Waals surface area contributed by atoms with Gasteiger partial charge in [-0.3, -0.25) is 0 Å². The van der Waals surface area contributed by atoms with Crippen LogP contribution in [0.4, 0.5) is 8.78 Å². The zero-order valence-corrected chi connectivity index (χ0v) is 9.08. The molecule has 0 amide bonds. The molecule has 1 unspecified atom stereocenters. The van der Waals surface area contributed by atoms with Gasteiger partial charge in [0.05, 0.1) is 6.04 Å². The normalized spacial score (nSPS) is 18.1. The molecule has 0 aliphatic carbocycles. The van der Waals surface area contributed by atoms with Crippen molar-refractivity contribution in [2.24, 2.45) is 0 Å². The van der Waals surface area contributed by atoms with Crippen LogP contribution in [0.1, 0.15) is 22.7 Å². The SMILES string of the molecule is Fc1cccc(F)c1C1NCc2ccccc21. The molecule has 1 atom stereocenters. The molecule has 1 nitrogen and oxygen atoms in total. The third kappa shape index (κ3) is 1.63. The molecule has 2 aromatic carbocycles. The van der Waals surface area contributed by atoms with Crippen LogP contribution in [0, 0.1) is 11.6 Å². The Morgan fingerprint density at radius 1 is 0.941 bits per heavy atom. The number of halogens is 2. The van der Waals surface area contributed by atoms with E-state index in [1.54, 1.807) is 0 Å². The highest BCUT2D eigenvalue weighted by atomic mass is 19.1. The lowest BCUT2D eigenvalue weighted by Crippen LogP contribution is -2.16. The molecule has 1 heterocycles. The van der Waals surface area contributed by atoms with Crippen LogP contribution >= 0.6 is 0 Å². The summed E-state index contributed by atoms with van der Waals surface area (Å²) in [5.74, 6) is -1.00. The molecule has 3 rings (SSSR count). The van der Waals surface area contributed by atoms with Gasteiger partial charge in [0.2, 0.25) is 0 Å². The van der Waals surface area contributed by atoms with Gasteiger partial charge < -0.3 is 5.32 Å². The van der Waals surface area contributed by atoms with Crippen LogP contribution in [-0.2, 0) is 6.54 Å². The van der Waals surface area contributed by atoms with Crippen molar-refractivity contribution >= 4 is 0 Å². The second kappa shape index (κ2) is 3.93. The molecule has 1 N–H and O–H groups in total. The maximum atomic E-state index is 13.7. The zero-order valence-electron chi connectivity index (χ0n) is 9.08. The van der Waals surface area contributed by atoms with E-state index in [0.717, 1.165) is 11.1 Å². The van der Waals surface area contributed by atoms with E-state index >= 15 is 0 Å². The lowest BCUT2D eigenvalue weighted by molar-refractivity contribution is 0.520. The van der Waals surface area contributed by atoms with Crippen LogP contribution in [0.25, 0.3) is 0 Å². The summed E-state index contributed by atoms with van der Waals surface area (Å²) in [6.45, 7) is 0.647. The maximum Gasteiger partial charge on any atom is 0.131 e. The minimum absolute atomic E-state index is 0.109. The molecular formula is C14H11F2N. The Labute approximate surface area is 98.1 Å². The van der Waals surface area contributed by atoms with E-state index in [2.05, 4.69) is 5.32 Å². The largest absolute Gasteiger partial charge is 0.302 e. The van der Waals surface area contributed by atoms with Crippen molar-refractivity contribution in [2.45, 2.75) is 12.6 Å². The fourth-order valence-corrected chi connectivity index (χ4v) is 2.34. The summed E-state index contributed by atoms with van der Waals surface area (Å²) < 4.78 is 27.4. The molecule has 3 heteroatoms. The van der Waals surface area contributed by atoms with Gasteiger partial charge in [0.25, 0.3) is 0 Å². The molecule has 0 bridgehead atoms. The molecular weight excluding hydrogens is 220 g/mol. The van der Waals surface area contributed by atoms with Gasteiger partial charge in [0.15, 0.2) is 0 Å². The fraction of sp³-hybridized carbons (Fsp3) is 0.143. The first-order valence-electron chi connectivity index (χ1n) is 5.52. The predicted molar refractivity (Wildman–Crippen MR) is 61.5 cm³/mol. The number of fused-ring (bicyclic) bond motifs is 1. The van der Waals surface area contributed by atoms with Crippen LogP contribution in [-0.4, -0.2) is 0 Å². The zero-order chi connectivity index (χ0) is 11.8. The lowest BCUT2D eigenvalue weighted by Gasteiger charge is -2.14. The number of hydrogen-bond donors (Lipinski definition) is 1. The van der Waals surface area contributed by atoms with Crippen molar-refractivity contribution in [3.8, 4) is 0 Å². The predicted octanol–water partition coefficient (Wildman–Crippen LogP) is 3.16. The molecule has 0 radical (unpaired) electrons. The van der Waals surface area contributed by atoms with E-state index in [0.29, 0.717) is 6.54 Å². The van der Waals surface area contributed by atoms with Crippen molar-refractivity contribution in [1.82, 2.24) is 5.32 Å². The highest BCUT2D eigenvalue weighted by Gasteiger charge is 2.27. The molecule has 0 aromatic heterocycles. The number of rotatable bonds is 1. The van der Waals surface area contributed by atoms with E-state index in [1.807, 2.05) is 24.3 Å².